The fraction of sp³-hybridized carbons (Fsp3) is 0.462. The van der Waals surface area contributed by atoms with Crippen LogP contribution in [0.1, 0.15) is 19.4 Å². The third-order valence-corrected chi connectivity index (χ3v) is 3.54. The van der Waals surface area contributed by atoms with E-state index in [2.05, 4.69) is 15.9 Å². The molecule has 92 valence electrons. The SMILES string of the molecule is Cc1cc(Br)c2c(c1)N(C)C(=O)C(C(C)C)O2. The molecular weight excluding hydrogens is 282 g/mol. The molecule has 4 heteroatoms. The maximum atomic E-state index is 12.1. The number of carbonyl (C=O) groups is 1. The second kappa shape index (κ2) is 4.33. The summed E-state index contributed by atoms with van der Waals surface area (Å²) in [6, 6.07) is 3.97. The van der Waals surface area contributed by atoms with Gasteiger partial charge in [0.1, 0.15) is 0 Å². The normalized spacial score (nSPS) is 19.3. The summed E-state index contributed by atoms with van der Waals surface area (Å²) in [5.41, 5.74) is 1.93. The summed E-state index contributed by atoms with van der Waals surface area (Å²) in [5.74, 6) is 0.938. The quantitative estimate of drug-likeness (QED) is 0.797. The van der Waals surface area contributed by atoms with Gasteiger partial charge in [-0.3, -0.25) is 4.79 Å². The summed E-state index contributed by atoms with van der Waals surface area (Å²) in [7, 11) is 1.80. The number of hydrogen-bond acceptors (Lipinski definition) is 2. The second-order valence-electron chi connectivity index (χ2n) is 4.77. The van der Waals surface area contributed by atoms with Gasteiger partial charge in [-0.2, -0.15) is 0 Å². The van der Waals surface area contributed by atoms with Gasteiger partial charge >= 0.3 is 0 Å². The lowest BCUT2D eigenvalue weighted by molar-refractivity contribution is -0.127. The van der Waals surface area contributed by atoms with Crippen molar-refractivity contribution in [3.05, 3.63) is 22.2 Å². The number of anilines is 1. The molecule has 0 radical (unpaired) electrons. The van der Waals surface area contributed by atoms with E-state index >= 15 is 0 Å². The van der Waals surface area contributed by atoms with Gasteiger partial charge in [0.25, 0.3) is 5.91 Å². The van der Waals surface area contributed by atoms with Crippen molar-refractivity contribution in [3.63, 3.8) is 0 Å². The van der Waals surface area contributed by atoms with Crippen LogP contribution in [0.4, 0.5) is 5.69 Å². The van der Waals surface area contributed by atoms with Crippen LogP contribution in [0.15, 0.2) is 16.6 Å². The highest BCUT2D eigenvalue weighted by atomic mass is 79.9. The van der Waals surface area contributed by atoms with Gasteiger partial charge in [0, 0.05) is 7.05 Å². The number of amides is 1. The summed E-state index contributed by atoms with van der Waals surface area (Å²) in [5, 5.41) is 0. The van der Waals surface area contributed by atoms with Crippen molar-refractivity contribution >= 4 is 27.5 Å². The molecule has 1 atom stereocenters. The fourth-order valence-corrected chi connectivity index (χ4v) is 2.64. The van der Waals surface area contributed by atoms with Crippen LogP contribution >= 0.6 is 15.9 Å². The lowest BCUT2D eigenvalue weighted by Crippen LogP contribution is -2.46. The van der Waals surface area contributed by atoms with E-state index in [1.54, 1.807) is 11.9 Å². The summed E-state index contributed by atoms with van der Waals surface area (Å²) < 4.78 is 6.72. The first-order valence-electron chi connectivity index (χ1n) is 5.66. The number of rotatable bonds is 1. The maximum absolute atomic E-state index is 12.1. The summed E-state index contributed by atoms with van der Waals surface area (Å²) in [6.45, 7) is 5.98. The van der Waals surface area contributed by atoms with E-state index in [9.17, 15) is 4.79 Å². The minimum Gasteiger partial charge on any atom is -0.477 e. The minimum absolute atomic E-state index is 0.0185. The van der Waals surface area contributed by atoms with E-state index in [0.29, 0.717) is 0 Å². The number of fused-ring (bicyclic) bond motifs is 1. The maximum Gasteiger partial charge on any atom is 0.268 e. The number of nitrogens with zero attached hydrogens (tertiary/aromatic N) is 1. The lowest BCUT2D eigenvalue weighted by Gasteiger charge is -2.34. The molecule has 1 amide bonds. The smallest absolute Gasteiger partial charge is 0.268 e. The van der Waals surface area contributed by atoms with Crippen molar-refractivity contribution in [2.75, 3.05) is 11.9 Å². The minimum atomic E-state index is -0.397. The van der Waals surface area contributed by atoms with Crippen molar-refractivity contribution in [2.24, 2.45) is 5.92 Å². The molecule has 0 aliphatic carbocycles. The van der Waals surface area contributed by atoms with E-state index < -0.39 is 6.10 Å². The van der Waals surface area contributed by atoms with Crippen molar-refractivity contribution < 1.29 is 9.53 Å². The van der Waals surface area contributed by atoms with Gasteiger partial charge in [-0.25, -0.2) is 0 Å². The van der Waals surface area contributed by atoms with Gasteiger partial charge in [-0.1, -0.05) is 13.8 Å². The van der Waals surface area contributed by atoms with Crippen LogP contribution in [0, 0.1) is 12.8 Å². The van der Waals surface area contributed by atoms with Crippen LogP contribution < -0.4 is 9.64 Å². The number of hydrogen-bond donors (Lipinski definition) is 0. The lowest BCUT2D eigenvalue weighted by atomic mass is 10.0. The van der Waals surface area contributed by atoms with E-state index in [0.717, 1.165) is 21.5 Å². The monoisotopic (exact) mass is 297 g/mol. The molecule has 1 aromatic carbocycles. The van der Waals surface area contributed by atoms with Crippen LogP contribution in [0.3, 0.4) is 0 Å². The van der Waals surface area contributed by atoms with E-state index in [4.69, 9.17) is 4.74 Å². The first-order valence-corrected chi connectivity index (χ1v) is 6.45. The van der Waals surface area contributed by atoms with Crippen LogP contribution in [0.25, 0.3) is 0 Å². The third kappa shape index (κ3) is 2.06. The van der Waals surface area contributed by atoms with Crippen LogP contribution in [-0.4, -0.2) is 19.1 Å². The Labute approximate surface area is 110 Å². The molecule has 1 unspecified atom stereocenters. The van der Waals surface area contributed by atoms with Crippen LogP contribution in [-0.2, 0) is 4.79 Å². The Kier molecular flexibility index (Phi) is 3.17. The number of benzene rings is 1. The first-order chi connectivity index (χ1) is 7.91. The average molecular weight is 298 g/mol. The van der Waals surface area contributed by atoms with Gasteiger partial charge in [-0.05, 0) is 46.5 Å². The van der Waals surface area contributed by atoms with Gasteiger partial charge < -0.3 is 9.64 Å². The Hall–Kier alpha value is -1.03. The topological polar surface area (TPSA) is 29.5 Å². The largest absolute Gasteiger partial charge is 0.477 e. The predicted molar refractivity (Wildman–Crippen MR) is 71.5 cm³/mol. The summed E-state index contributed by atoms with van der Waals surface area (Å²) >= 11 is 3.49. The Bertz CT molecular complexity index is 471. The van der Waals surface area contributed by atoms with Gasteiger partial charge in [-0.15, -0.1) is 0 Å². The Balaban J connectivity index is 2.53. The fourth-order valence-electron chi connectivity index (χ4n) is 1.98. The van der Waals surface area contributed by atoms with E-state index in [1.165, 1.54) is 0 Å². The molecule has 2 rings (SSSR count). The van der Waals surface area contributed by atoms with Crippen molar-refractivity contribution in [1.82, 2.24) is 0 Å². The molecule has 1 aromatic rings. The van der Waals surface area contributed by atoms with Gasteiger partial charge in [0.15, 0.2) is 11.9 Å². The van der Waals surface area contributed by atoms with Crippen molar-refractivity contribution in [1.29, 1.82) is 0 Å². The molecular formula is C13H16BrNO2. The van der Waals surface area contributed by atoms with Gasteiger partial charge in [0.2, 0.25) is 0 Å². The molecule has 1 heterocycles. The van der Waals surface area contributed by atoms with Gasteiger partial charge in [0.05, 0.1) is 10.2 Å². The highest BCUT2D eigenvalue weighted by molar-refractivity contribution is 9.10. The Morgan fingerprint density at radius 3 is 2.65 bits per heavy atom. The number of ether oxygens (including phenoxy) is 1. The standard InChI is InChI=1S/C13H16BrNO2/c1-7(2)11-13(16)15(4)10-6-8(3)5-9(14)12(10)17-11/h5-7,11H,1-4H3. The highest BCUT2D eigenvalue weighted by Crippen LogP contribution is 2.41. The number of aryl methyl sites for hydroxylation is 1. The molecule has 0 N–H and O–H groups in total. The third-order valence-electron chi connectivity index (χ3n) is 2.95. The highest BCUT2D eigenvalue weighted by Gasteiger charge is 2.35. The molecule has 0 saturated carbocycles. The Morgan fingerprint density at radius 2 is 2.06 bits per heavy atom. The number of carbonyl (C=O) groups excluding carboxylic acids is 1. The van der Waals surface area contributed by atoms with Crippen molar-refractivity contribution in [3.8, 4) is 5.75 Å². The molecule has 0 saturated heterocycles. The molecule has 17 heavy (non-hydrogen) atoms. The molecule has 0 bridgehead atoms. The second-order valence-corrected chi connectivity index (χ2v) is 5.63. The molecule has 0 fully saturated rings. The molecule has 0 aromatic heterocycles. The zero-order chi connectivity index (χ0) is 12.7. The molecule has 1 aliphatic heterocycles. The Morgan fingerprint density at radius 1 is 1.41 bits per heavy atom. The molecule has 0 spiro atoms. The van der Waals surface area contributed by atoms with Crippen molar-refractivity contribution in [2.45, 2.75) is 26.9 Å². The average Bonchev–Trinajstić information content (AvgIpc) is 2.23. The summed E-state index contributed by atoms with van der Waals surface area (Å²) in [4.78, 5) is 13.8. The number of likely N-dealkylation sites (N-methyl/N-ethyl adjacent to an activating group) is 1. The first kappa shape index (κ1) is 12.4. The van der Waals surface area contributed by atoms with Crippen LogP contribution in [0.5, 0.6) is 5.75 Å². The number of halogens is 1. The van der Waals surface area contributed by atoms with Crippen LogP contribution in [0.2, 0.25) is 0 Å². The van der Waals surface area contributed by atoms with E-state index in [1.807, 2.05) is 32.9 Å². The summed E-state index contributed by atoms with van der Waals surface area (Å²) in [6.07, 6.45) is -0.397. The zero-order valence-corrected chi connectivity index (χ0v) is 12.0. The van der Waals surface area contributed by atoms with E-state index in [-0.39, 0.29) is 11.8 Å². The molecule has 1 aliphatic rings. The zero-order valence-electron chi connectivity index (χ0n) is 10.5. The molecule has 3 nitrogen and oxygen atoms in total. The predicted octanol–water partition coefficient (Wildman–Crippen LogP) is 3.14.